The van der Waals surface area contributed by atoms with Crippen LogP contribution in [0.15, 0.2) is 32.3 Å². The Hall–Kier alpha value is -1.64. The van der Waals surface area contributed by atoms with Crippen LogP contribution in [0.4, 0.5) is 0 Å². The van der Waals surface area contributed by atoms with Crippen LogP contribution in [0, 0.1) is 5.41 Å². The molecule has 0 amide bonds. The Morgan fingerprint density at radius 3 is 2.83 bits per heavy atom. The van der Waals surface area contributed by atoms with E-state index in [1.165, 1.54) is 10.6 Å². The molecule has 0 unspecified atom stereocenters. The monoisotopic (exact) mass is 352 g/mol. The number of sulfonamides is 1. The Bertz CT molecular complexity index is 937. The molecule has 1 spiro atoms. The van der Waals surface area contributed by atoms with E-state index in [4.69, 9.17) is 9.15 Å². The van der Waals surface area contributed by atoms with E-state index in [2.05, 4.69) is 0 Å². The van der Waals surface area contributed by atoms with Crippen molar-refractivity contribution in [3.05, 3.63) is 28.7 Å². The summed E-state index contributed by atoms with van der Waals surface area (Å²) in [6.45, 7) is 2.34. The molecule has 0 bridgehead atoms. The van der Waals surface area contributed by atoms with E-state index in [0.717, 1.165) is 19.3 Å². The van der Waals surface area contributed by atoms with Crippen molar-refractivity contribution in [1.82, 2.24) is 8.87 Å². The van der Waals surface area contributed by atoms with Crippen LogP contribution in [0.3, 0.4) is 0 Å². The molecule has 8 heteroatoms. The Kier molecular flexibility index (Phi) is 3.59. The minimum atomic E-state index is -3.61. The maximum atomic E-state index is 13.0. The van der Waals surface area contributed by atoms with E-state index in [9.17, 15) is 13.2 Å². The molecule has 1 atom stereocenters. The van der Waals surface area contributed by atoms with Crippen molar-refractivity contribution in [3.8, 4) is 0 Å². The van der Waals surface area contributed by atoms with Gasteiger partial charge in [-0.25, -0.2) is 13.2 Å². The molecule has 0 N–H and O–H groups in total. The normalized spacial score (nSPS) is 25.7. The quantitative estimate of drug-likeness (QED) is 0.814. The predicted octanol–water partition coefficient (Wildman–Crippen LogP) is 1.32. The van der Waals surface area contributed by atoms with Crippen molar-refractivity contribution in [2.75, 3.05) is 26.3 Å². The van der Waals surface area contributed by atoms with Crippen molar-refractivity contribution in [2.24, 2.45) is 12.5 Å². The van der Waals surface area contributed by atoms with Crippen molar-refractivity contribution >= 4 is 21.1 Å². The van der Waals surface area contributed by atoms with Gasteiger partial charge in [-0.15, -0.1) is 0 Å². The Balaban J connectivity index is 1.70. The summed E-state index contributed by atoms with van der Waals surface area (Å²) in [5, 5.41) is 0. The fraction of sp³-hybridized carbons (Fsp3) is 0.562. The van der Waals surface area contributed by atoms with Crippen LogP contribution in [-0.2, 0) is 21.8 Å². The van der Waals surface area contributed by atoms with Gasteiger partial charge in [0, 0.05) is 38.2 Å². The van der Waals surface area contributed by atoms with E-state index >= 15 is 0 Å². The van der Waals surface area contributed by atoms with Gasteiger partial charge in [0.25, 0.3) is 0 Å². The van der Waals surface area contributed by atoms with Crippen molar-refractivity contribution in [2.45, 2.75) is 24.2 Å². The molecule has 24 heavy (non-hydrogen) atoms. The van der Waals surface area contributed by atoms with Crippen LogP contribution in [0.25, 0.3) is 11.1 Å². The van der Waals surface area contributed by atoms with Gasteiger partial charge in [0.1, 0.15) is 0 Å². The first-order chi connectivity index (χ1) is 11.4. The molecular weight excluding hydrogens is 332 g/mol. The minimum absolute atomic E-state index is 0.0469. The van der Waals surface area contributed by atoms with Crippen LogP contribution in [0.2, 0.25) is 0 Å². The fourth-order valence-electron chi connectivity index (χ4n) is 3.76. The van der Waals surface area contributed by atoms with Gasteiger partial charge in [-0.2, -0.15) is 4.31 Å². The molecule has 1 aromatic heterocycles. The summed E-state index contributed by atoms with van der Waals surface area (Å²) in [5.41, 5.74) is 0.826. The highest BCUT2D eigenvalue weighted by Gasteiger charge is 2.42. The molecule has 2 aliphatic rings. The average Bonchev–Trinajstić information content (AvgIpc) is 3.12. The van der Waals surface area contributed by atoms with E-state index in [-0.39, 0.29) is 10.3 Å². The highest BCUT2D eigenvalue weighted by atomic mass is 32.2. The second kappa shape index (κ2) is 5.44. The number of rotatable bonds is 2. The number of nitrogens with zero attached hydrogens (tertiary/aromatic N) is 2. The first-order valence-corrected chi connectivity index (χ1v) is 9.53. The zero-order chi connectivity index (χ0) is 16.9. The SMILES string of the molecule is Cn1c(=O)oc2cc(S(=O)(=O)N3CCC[C@]4(CCOC4)C3)ccc21. The molecule has 0 radical (unpaired) electrons. The summed E-state index contributed by atoms with van der Waals surface area (Å²) in [4.78, 5) is 11.8. The molecule has 2 aliphatic heterocycles. The number of piperidine rings is 1. The average molecular weight is 352 g/mol. The number of ether oxygens (including phenoxy) is 1. The molecule has 2 fully saturated rings. The number of hydrogen-bond acceptors (Lipinski definition) is 5. The Labute approximate surface area is 139 Å². The second-order valence-electron chi connectivity index (χ2n) is 6.80. The van der Waals surface area contributed by atoms with E-state index in [0.29, 0.717) is 37.4 Å². The molecule has 2 aromatic rings. The molecule has 130 valence electrons. The van der Waals surface area contributed by atoms with Gasteiger partial charge >= 0.3 is 5.76 Å². The minimum Gasteiger partial charge on any atom is -0.408 e. The third-order valence-electron chi connectivity index (χ3n) is 5.21. The summed E-state index contributed by atoms with van der Waals surface area (Å²) in [6, 6.07) is 4.60. The molecule has 7 nitrogen and oxygen atoms in total. The number of aromatic nitrogens is 1. The third kappa shape index (κ3) is 2.40. The molecule has 0 saturated carbocycles. The van der Waals surface area contributed by atoms with Crippen LogP contribution >= 0.6 is 0 Å². The number of hydrogen-bond donors (Lipinski definition) is 0. The van der Waals surface area contributed by atoms with Crippen LogP contribution in [0.1, 0.15) is 19.3 Å². The van der Waals surface area contributed by atoms with Gasteiger partial charge in [-0.05, 0) is 31.4 Å². The van der Waals surface area contributed by atoms with Gasteiger partial charge in [-0.3, -0.25) is 4.57 Å². The van der Waals surface area contributed by atoms with Gasteiger partial charge < -0.3 is 9.15 Å². The van der Waals surface area contributed by atoms with Gasteiger partial charge in [0.05, 0.1) is 17.0 Å². The van der Waals surface area contributed by atoms with Crippen molar-refractivity contribution < 1.29 is 17.6 Å². The zero-order valence-corrected chi connectivity index (χ0v) is 14.3. The lowest BCUT2D eigenvalue weighted by Crippen LogP contribution is -2.46. The fourth-order valence-corrected chi connectivity index (χ4v) is 5.37. The number of benzene rings is 1. The molecular formula is C16H20N2O5S. The van der Waals surface area contributed by atoms with E-state index in [1.807, 2.05) is 0 Å². The standard InChI is InChI=1S/C16H20N2O5S/c1-17-13-4-3-12(9-14(13)23-15(17)19)24(20,21)18-7-2-5-16(10-18)6-8-22-11-16/h3-4,9H,2,5-8,10-11H2,1H3/t16-/m0/s1. The third-order valence-corrected chi connectivity index (χ3v) is 7.05. The summed E-state index contributed by atoms with van der Waals surface area (Å²) in [6.07, 6.45) is 2.75. The van der Waals surface area contributed by atoms with Gasteiger partial charge in [-0.1, -0.05) is 0 Å². The second-order valence-corrected chi connectivity index (χ2v) is 8.74. The van der Waals surface area contributed by atoms with Gasteiger partial charge in [0.2, 0.25) is 10.0 Å². The Morgan fingerprint density at radius 2 is 2.08 bits per heavy atom. The Morgan fingerprint density at radius 1 is 1.25 bits per heavy atom. The zero-order valence-electron chi connectivity index (χ0n) is 13.5. The molecule has 2 saturated heterocycles. The smallest absolute Gasteiger partial charge is 0.408 e. The van der Waals surface area contributed by atoms with Crippen LogP contribution in [-0.4, -0.2) is 43.6 Å². The summed E-state index contributed by atoms with van der Waals surface area (Å²) >= 11 is 0. The first kappa shape index (κ1) is 15.9. The van der Waals surface area contributed by atoms with Crippen molar-refractivity contribution in [3.63, 3.8) is 0 Å². The van der Waals surface area contributed by atoms with Crippen LogP contribution < -0.4 is 5.76 Å². The lowest BCUT2D eigenvalue weighted by molar-refractivity contribution is 0.105. The van der Waals surface area contributed by atoms with E-state index < -0.39 is 15.8 Å². The summed E-state index contributed by atoms with van der Waals surface area (Å²) in [5.74, 6) is -0.500. The number of oxazole rings is 1. The highest BCUT2D eigenvalue weighted by Crippen LogP contribution is 2.39. The summed E-state index contributed by atoms with van der Waals surface area (Å²) in [7, 11) is -2.02. The molecule has 0 aliphatic carbocycles. The number of aryl methyl sites for hydroxylation is 1. The van der Waals surface area contributed by atoms with Crippen LogP contribution in [0.5, 0.6) is 0 Å². The maximum Gasteiger partial charge on any atom is 0.419 e. The number of fused-ring (bicyclic) bond motifs is 1. The topological polar surface area (TPSA) is 81.8 Å². The molecule has 4 rings (SSSR count). The highest BCUT2D eigenvalue weighted by molar-refractivity contribution is 7.89. The maximum absolute atomic E-state index is 13.0. The lowest BCUT2D eigenvalue weighted by Gasteiger charge is -2.38. The molecule has 3 heterocycles. The van der Waals surface area contributed by atoms with Gasteiger partial charge in [0.15, 0.2) is 5.58 Å². The largest absolute Gasteiger partial charge is 0.419 e. The van der Waals surface area contributed by atoms with Crippen molar-refractivity contribution in [1.29, 1.82) is 0 Å². The summed E-state index contributed by atoms with van der Waals surface area (Å²) < 4.78 is 39.6. The van der Waals surface area contributed by atoms with E-state index in [1.54, 1.807) is 23.5 Å². The lowest BCUT2D eigenvalue weighted by atomic mass is 9.80. The molecule has 1 aromatic carbocycles. The predicted molar refractivity (Wildman–Crippen MR) is 87.3 cm³/mol. The first-order valence-electron chi connectivity index (χ1n) is 8.09.